The van der Waals surface area contributed by atoms with Crippen molar-refractivity contribution in [1.82, 2.24) is 5.01 Å². The predicted molar refractivity (Wildman–Crippen MR) is 131 cm³/mol. The molecule has 34 heavy (non-hydrogen) atoms. The first-order valence-corrected chi connectivity index (χ1v) is 11.2. The molecule has 10 heteroatoms. The molecule has 5 rings (SSSR count). The van der Waals surface area contributed by atoms with Crippen LogP contribution in [0, 0.1) is 5.41 Å². The van der Waals surface area contributed by atoms with E-state index in [4.69, 9.17) is 26.5 Å². The Bertz CT molecular complexity index is 1420. The van der Waals surface area contributed by atoms with Gasteiger partial charge in [-0.3, -0.25) is 10.2 Å². The van der Waals surface area contributed by atoms with Crippen LogP contribution < -0.4 is 0 Å². The standard InChI is InChI=1S/C24H15ClN4O4S/c25-16-7-1-13(2-8-16)11-20-28-29-21(26)18(22(30)27-24(29)34-20)12-17-9-10-19(33-17)14-3-5-15(6-4-14)23(31)32/h1-10,12,26H,11H2,(H,31,32)/b18-12-,26-21?. The second-order valence-corrected chi connectivity index (χ2v) is 8.88. The summed E-state index contributed by atoms with van der Waals surface area (Å²) in [7, 11) is 0. The maximum absolute atomic E-state index is 12.6. The number of fused-ring (bicyclic) bond motifs is 1. The highest BCUT2D eigenvalue weighted by Crippen LogP contribution is 2.31. The molecule has 0 radical (unpaired) electrons. The molecule has 0 aliphatic carbocycles. The SMILES string of the molecule is N=C1/C(=C/c2ccc(-c3ccc(C(=O)O)cc3)o2)C(=O)N=C2SC(Cc3ccc(Cl)cc3)=NN12. The summed E-state index contributed by atoms with van der Waals surface area (Å²) in [6.07, 6.45) is 1.98. The monoisotopic (exact) mass is 490 g/mol. The van der Waals surface area contributed by atoms with Crippen molar-refractivity contribution in [3.63, 3.8) is 0 Å². The van der Waals surface area contributed by atoms with Crippen LogP contribution in [0.3, 0.4) is 0 Å². The number of carboxylic acid groups (broad SMARTS) is 1. The minimum atomic E-state index is -1.01. The van der Waals surface area contributed by atoms with E-state index in [2.05, 4.69) is 10.1 Å². The number of aliphatic imine (C=N–C) groups is 1. The molecule has 2 aliphatic rings. The minimum absolute atomic E-state index is 0.0583. The Balaban J connectivity index is 1.36. The van der Waals surface area contributed by atoms with Gasteiger partial charge in [-0.2, -0.15) is 15.1 Å². The van der Waals surface area contributed by atoms with Gasteiger partial charge in [-0.25, -0.2) is 4.79 Å². The van der Waals surface area contributed by atoms with Crippen LogP contribution in [0.2, 0.25) is 5.02 Å². The highest BCUT2D eigenvalue weighted by Gasteiger charge is 2.35. The number of hydrazone groups is 1. The summed E-state index contributed by atoms with van der Waals surface area (Å²) in [5.74, 6) is -0.776. The van der Waals surface area contributed by atoms with Gasteiger partial charge in [0.15, 0.2) is 5.84 Å². The lowest BCUT2D eigenvalue weighted by molar-refractivity contribution is -0.114. The lowest BCUT2D eigenvalue weighted by atomic mass is 10.1. The second kappa shape index (κ2) is 8.77. The third-order valence-electron chi connectivity index (χ3n) is 5.09. The molecule has 0 atom stereocenters. The zero-order valence-corrected chi connectivity index (χ0v) is 18.9. The Labute approximate surface area is 202 Å². The number of rotatable bonds is 5. The van der Waals surface area contributed by atoms with Gasteiger partial charge in [-0.05, 0) is 59.8 Å². The molecular weight excluding hydrogens is 476 g/mol. The number of halogens is 1. The highest BCUT2D eigenvalue weighted by molar-refractivity contribution is 8.26. The fraction of sp³-hybridized carbons (Fsp3) is 0.0417. The van der Waals surface area contributed by atoms with Crippen molar-refractivity contribution in [2.75, 3.05) is 0 Å². The Morgan fingerprint density at radius 2 is 1.85 bits per heavy atom. The molecule has 168 valence electrons. The van der Waals surface area contributed by atoms with Gasteiger partial charge >= 0.3 is 5.97 Å². The molecule has 2 aromatic carbocycles. The average Bonchev–Trinajstić information content (AvgIpc) is 3.45. The van der Waals surface area contributed by atoms with Crippen molar-refractivity contribution in [1.29, 1.82) is 5.41 Å². The molecule has 0 spiro atoms. The van der Waals surface area contributed by atoms with Gasteiger partial charge in [0.25, 0.3) is 5.91 Å². The third kappa shape index (κ3) is 4.30. The average molecular weight is 491 g/mol. The molecule has 3 aromatic rings. The van der Waals surface area contributed by atoms with Crippen LogP contribution in [-0.2, 0) is 11.2 Å². The van der Waals surface area contributed by atoms with Crippen molar-refractivity contribution in [3.05, 3.63) is 88.1 Å². The number of benzene rings is 2. The maximum atomic E-state index is 12.6. The van der Waals surface area contributed by atoms with Gasteiger partial charge in [0.2, 0.25) is 5.17 Å². The van der Waals surface area contributed by atoms with Crippen LogP contribution in [0.1, 0.15) is 21.7 Å². The minimum Gasteiger partial charge on any atom is -0.478 e. The van der Waals surface area contributed by atoms with E-state index in [1.165, 1.54) is 35.0 Å². The Hall–Kier alpha value is -3.95. The smallest absolute Gasteiger partial charge is 0.335 e. The number of amides is 1. The van der Waals surface area contributed by atoms with E-state index in [1.54, 1.807) is 36.4 Å². The summed E-state index contributed by atoms with van der Waals surface area (Å²) >= 11 is 7.19. The van der Waals surface area contributed by atoms with Gasteiger partial charge in [-0.15, -0.1) is 0 Å². The molecule has 1 amide bonds. The summed E-state index contributed by atoms with van der Waals surface area (Å²) in [5, 5.41) is 25.0. The number of carbonyl (C=O) groups excluding carboxylic acids is 1. The molecule has 1 aromatic heterocycles. The van der Waals surface area contributed by atoms with Gasteiger partial charge < -0.3 is 9.52 Å². The molecule has 2 aliphatic heterocycles. The summed E-state index contributed by atoms with van der Waals surface area (Å²) < 4.78 is 5.80. The number of hydrogen-bond donors (Lipinski definition) is 2. The zero-order valence-electron chi connectivity index (χ0n) is 17.4. The molecule has 2 N–H and O–H groups in total. The van der Waals surface area contributed by atoms with Crippen molar-refractivity contribution in [2.24, 2.45) is 10.1 Å². The Morgan fingerprint density at radius 1 is 1.12 bits per heavy atom. The van der Waals surface area contributed by atoms with Gasteiger partial charge in [0.05, 0.1) is 11.1 Å². The summed E-state index contributed by atoms with van der Waals surface area (Å²) in [5.41, 5.74) is 1.92. The first-order valence-electron chi connectivity index (χ1n) is 10.0. The van der Waals surface area contributed by atoms with E-state index in [-0.39, 0.29) is 17.0 Å². The number of hydrogen-bond acceptors (Lipinski definition) is 6. The van der Waals surface area contributed by atoms with Crippen molar-refractivity contribution >= 4 is 57.4 Å². The number of nitrogens with zero attached hydrogens (tertiary/aromatic N) is 3. The van der Waals surface area contributed by atoms with Crippen LogP contribution in [0.15, 0.2) is 80.7 Å². The number of thioether (sulfide) groups is 1. The zero-order chi connectivity index (χ0) is 23.8. The second-order valence-electron chi connectivity index (χ2n) is 7.40. The van der Waals surface area contributed by atoms with Crippen LogP contribution in [-0.4, -0.2) is 38.0 Å². The maximum Gasteiger partial charge on any atom is 0.335 e. The molecule has 3 heterocycles. The molecular formula is C24H15ClN4O4S. The first-order chi connectivity index (χ1) is 16.4. The van der Waals surface area contributed by atoms with Gasteiger partial charge in [0.1, 0.15) is 16.6 Å². The molecule has 0 saturated heterocycles. The van der Waals surface area contributed by atoms with Crippen LogP contribution >= 0.6 is 23.4 Å². The topological polar surface area (TPSA) is 119 Å². The number of furan rings is 1. The summed E-state index contributed by atoms with van der Waals surface area (Å²) in [6.45, 7) is 0. The third-order valence-corrected chi connectivity index (χ3v) is 6.26. The van der Waals surface area contributed by atoms with Crippen LogP contribution in [0.25, 0.3) is 17.4 Å². The molecule has 0 fully saturated rings. The van der Waals surface area contributed by atoms with Crippen molar-refractivity contribution in [3.8, 4) is 11.3 Å². The summed E-state index contributed by atoms with van der Waals surface area (Å²) in [4.78, 5) is 27.8. The van der Waals surface area contributed by atoms with Crippen LogP contribution in [0.4, 0.5) is 0 Å². The fourth-order valence-electron chi connectivity index (χ4n) is 3.38. The Kier molecular flexibility index (Phi) is 5.64. The van der Waals surface area contributed by atoms with E-state index in [9.17, 15) is 9.59 Å². The van der Waals surface area contributed by atoms with Crippen molar-refractivity contribution < 1.29 is 19.1 Å². The largest absolute Gasteiger partial charge is 0.478 e. The van der Waals surface area contributed by atoms with E-state index in [0.717, 1.165) is 5.56 Å². The van der Waals surface area contributed by atoms with Gasteiger partial charge in [0, 0.05) is 17.0 Å². The van der Waals surface area contributed by atoms with Crippen LogP contribution in [0.5, 0.6) is 0 Å². The van der Waals surface area contributed by atoms with Crippen molar-refractivity contribution in [2.45, 2.75) is 6.42 Å². The number of carbonyl (C=O) groups is 2. The molecule has 0 unspecified atom stereocenters. The molecule has 0 bridgehead atoms. The normalized spacial score (nSPS) is 16.5. The number of carboxylic acids is 1. The molecule has 0 saturated carbocycles. The highest BCUT2D eigenvalue weighted by atomic mass is 35.5. The number of amidine groups is 2. The van der Waals surface area contributed by atoms with E-state index in [1.807, 2.05) is 12.1 Å². The predicted octanol–water partition coefficient (Wildman–Crippen LogP) is 5.16. The van der Waals surface area contributed by atoms with E-state index < -0.39 is 11.9 Å². The lowest BCUT2D eigenvalue weighted by Crippen LogP contribution is -2.35. The Morgan fingerprint density at radius 3 is 2.56 bits per heavy atom. The van der Waals surface area contributed by atoms with E-state index >= 15 is 0 Å². The lowest BCUT2D eigenvalue weighted by Gasteiger charge is -2.19. The first kappa shape index (κ1) is 21.9. The summed E-state index contributed by atoms with van der Waals surface area (Å²) in [6, 6.07) is 17.0. The van der Waals surface area contributed by atoms with Gasteiger partial charge in [-0.1, -0.05) is 35.9 Å². The quantitative estimate of drug-likeness (QED) is 0.477. The van der Waals surface area contributed by atoms with E-state index in [0.29, 0.717) is 38.7 Å². The number of nitrogens with one attached hydrogen (secondary N) is 1. The number of aromatic carboxylic acids is 1. The molecule has 8 nitrogen and oxygen atoms in total. The fourth-order valence-corrected chi connectivity index (χ4v) is 4.43.